The second-order valence-electron chi connectivity index (χ2n) is 8.31. The van der Waals surface area contributed by atoms with Crippen LogP contribution in [-0.2, 0) is 5.41 Å². The molecule has 0 amide bonds. The quantitative estimate of drug-likeness (QED) is 0.523. The Labute approximate surface area is 175 Å². The first-order valence-electron chi connectivity index (χ1n) is 9.94. The minimum atomic E-state index is -0.457. The van der Waals surface area contributed by atoms with Gasteiger partial charge in [0.2, 0.25) is 0 Å². The molecule has 0 aliphatic heterocycles. The maximum absolute atomic E-state index is 12.9. The molecule has 1 aliphatic carbocycles. The molecule has 150 valence electrons. The molecule has 0 unspecified atom stereocenters. The summed E-state index contributed by atoms with van der Waals surface area (Å²) in [5.41, 5.74) is 4.72. The number of hydrogen-bond donors (Lipinski definition) is 1. The number of hydrogen-bond acceptors (Lipinski definition) is 4. The number of aromatic hydroxyl groups is 1. The lowest BCUT2D eigenvalue weighted by atomic mass is 9.93. The molecule has 0 bridgehead atoms. The summed E-state index contributed by atoms with van der Waals surface area (Å²) < 4.78 is 5.79. The Morgan fingerprint density at radius 1 is 0.931 bits per heavy atom. The highest BCUT2D eigenvalue weighted by molar-refractivity contribution is 7.99. The first-order chi connectivity index (χ1) is 13.8. The summed E-state index contributed by atoms with van der Waals surface area (Å²) >= 11 is 1.77. The van der Waals surface area contributed by atoms with Crippen molar-refractivity contribution >= 4 is 11.8 Å². The first-order valence-corrected chi connectivity index (χ1v) is 10.9. The van der Waals surface area contributed by atoms with Crippen molar-refractivity contribution < 1.29 is 9.52 Å². The van der Waals surface area contributed by atoms with Gasteiger partial charge in [-0.15, -0.1) is 11.8 Å². The van der Waals surface area contributed by atoms with E-state index in [4.69, 9.17) is 4.42 Å². The van der Waals surface area contributed by atoms with Crippen LogP contribution in [0.2, 0.25) is 0 Å². The third-order valence-corrected chi connectivity index (χ3v) is 7.07. The zero-order valence-electron chi connectivity index (χ0n) is 17.3. The summed E-state index contributed by atoms with van der Waals surface area (Å²) in [6, 6.07) is 14.2. The normalized spacial score (nSPS) is 14.8. The van der Waals surface area contributed by atoms with E-state index in [2.05, 4.69) is 31.2 Å². The molecule has 1 aromatic heterocycles. The van der Waals surface area contributed by atoms with Crippen LogP contribution in [0.25, 0.3) is 11.1 Å². The summed E-state index contributed by atoms with van der Waals surface area (Å²) in [4.78, 5) is 14.1. The van der Waals surface area contributed by atoms with Crippen LogP contribution in [0.3, 0.4) is 0 Å². The van der Waals surface area contributed by atoms with Gasteiger partial charge in [0.25, 0.3) is 0 Å². The van der Waals surface area contributed by atoms with Gasteiger partial charge in [0, 0.05) is 22.1 Å². The van der Waals surface area contributed by atoms with E-state index in [-0.39, 0.29) is 16.7 Å². The van der Waals surface area contributed by atoms with E-state index in [1.54, 1.807) is 17.8 Å². The molecule has 3 aromatic rings. The van der Waals surface area contributed by atoms with Gasteiger partial charge >= 0.3 is 5.63 Å². The fraction of sp³-hybridized carbons (Fsp3) is 0.320. The summed E-state index contributed by atoms with van der Waals surface area (Å²) in [6.45, 7) is 8.02. The zero-order chi connectivity index (χ0) is 20.8. The lowest BCUT2D eigenvalue weighted by Crippen LogP contribution is -2.15. The van der Waals surface area contributed by atoms with Gasteiger partial charge in [0.1, 0.15) is 17.1 Å². The zero-order valence-corrected chi connectivity index (χ0v) is 18.2. The SMILES string of the molecule is Cc1ccc(SCC2(c3cc(O)c(-c4c(C)cc(C)cc4C)c(=O)o3)CC2)cc1. The van der Waals surface area contributed by atoms with Crippen molar-refractivity contribution in [1.82, 2.24) is 0 Å². The van der Waals surface area contributed by atoms with Crippen molar-refractivity contribution in [3.05, 3.63) is 80.9 Å². The molecule has 29 heavy (non-hydrogen) atoms. The maximum Gasteiger partial charge on any atom is 0.347 e. The predicted molar refractivity (Wildman–Crippen MR) is 119 cm³/mol. The average Bonchev–Trinajstić information content (AvgIpc) is 3.44. The van der Waals surface area contributed by atoms with E-state index in [0.29, 0.717) is 5.76 Å². The smallest absolute Gasteiger partial charge is 0.347 e. The molecule has 3 nitrogen and oxygen atoms in total. The topological polar surface area (TPSA) is 50.4 Å². The Hall–Kier alpha value is -2.46. The number of thioether (sulfide) groups is 1. The lowest BCUT2D eigenvalue weighted by Gasteiger charge is -2.16. The van der Waals surface area contributed by atoms with Gasteiger partial charge < -0.3 is 9.52 Å². The minimum Gasteiger partial charge on any atom is -0.507 e. The summed E-state index contributed by atoms with van der Waals surface area (Å²) in [6.07, 6.45) is 1.94. The predicted octanol–water partition coefficient (Wildman–Crippen LogP) is 6.07. The molecular formula is C25H26O3S. The molecule has 1 saturated carbocycles. The van der Waals surface area contributed by atoms with Crippen LogP contribution >= 0.6 is 11.8 Å². The van der Waals surface area contributed by atoms with Crippen molar-refractivity contribution in [3.63, 3.8) is 0 Å². The van der Waals surface area contributed by atoms with Crippen molar-refractivity contribution in [1.29, 1.82) is 0 Å². The summed E-state index contributed by atoms with van der Waals surface area (Å²) in [7, 11) is 0. The van der Waals surface area contributed by atoms with Crippen molar-refractivity contribution in [2.45, 2.75) is 50.8 Å². The number of aryl methyl sites for hydroxylation is 4. The van der Waals surface area contributed by atoms with E-state index in [1.165, 1.54) is 10.5 Å². The van der Waals surface area contributed by atoms with Gasteiger partial charge in [-0.05, 0) is 69.4 Å². The highest BCUT2D eigenvalue weighted by Gasteiger charge is 2.47. The van der Waals surface area contributed by atoms with Gasteiger partial charge in [-0.2, -0.15) is 0 Å². The molecule has 4 rings (SSSR count). The molecule has 0 atom stereocenters. The number of rotatable bonds is 5. The van der Waals surface area contributed by atoms with Gasteiger partial charge in [0.15, 0.2) is 0 Å². The van der Waals surface area contributed by atoms with Gasteiger partial charge in [-0.25, -0.2) is 4.79 Å². The van der Waals surface area contributed by atoms with Crippen LogP contribution in [0.1, 0.15) is 40.9 Å². The van der Waals surface area contributed by atoms with E-state index < -0.39 is 5.63 Å². The van der Waals surface area contributed by atoms with E-state index in [0.717, 1.165) is 40.8 Å². The standard InChI is InChI=1S/C25H26O3S/c1-15-5-7-19(8-6-15)29-14-25(9-10-25)21-13-20(26)23(24(27)28-21)22-17(3)11-16(2)12-18(22)4/h5-8,11-13,26H,9-10,14H2,1-4H3. The third-order valence-electron chi connectivity index (χ3n) is 5.77. The van der Waals surface area contributed by atoms with E-state index in [9.17, 15) is 9.90 Å². The lowest BCUT2D eigenvalue weighted by molar-refractivity contribution is 0.405. The molecule has 4 heteroatoms. The van der Waals surface area contributed by atoms with Crippen molar-refractivity contribution in [3.8, 4) is 16.9 Å². The van der Waals surface area contributed by atoms with Gasteiger partial charge in [-0.1, -0.05) is 35.4 Å². The van der Waals surface area contributed by atoms with Crippen molar-refractivity contribution in [2.75, 3.05) is 5.75 Å². The van der Waals surface area contributed by atoms with Crippen LogP contribution < -0.4 is 5.63 Å². The van der Waals surface area contributed by atoms with Gasteiger partial charge in [-0.3, -0.25) is 0 Å². The minimum absolute atomic E-state index is 0.0120. The highest BCUT2D eigenvalue weighted by Crippen LogP contribution is 2.52. The second kappa shape index (κ2) is 7.42. The molecule has 1 heterocycles. The Balaban J connectivity index is 1.65. The molecule has 0 saturated heterocycles. The van der Waals surface area contributed by atoms with Crippen LogP contribution in [0.15, 0.2) is 56.6 Å². The molecule has 0 spiro atoms. The molecule has 0 radical (unpaired) electrons. The van der Waals surface area contributed by atoms with Crippen molar-refractivity contribution in [2.24, 2.45) is 0 Å². The Morgan fingerprint density at radius 2 is 1.55 bits per heavy atom. The Morgan fingerprint density at radius 3 is 2.10 bits per heavy atom. The monoisotopic (exact) mass is 406 g/mol. The first kappa shape index (κ1) is 19.8. The largest absolute Gasteiger partial charge is 0.507 e. The number of benzene rings is 2. The fourth-order valence-electron chi connectivity index (χ4n) is 4.02. The fourth-order valence-corrected chi connectivity index (χ4v) is 5.22. The Bertz CT molecular complexity index is 1100. The molecule has 1 fully saturated rings. The highest BCUT2D eigenvalue weighted by atomic mass is 32.2. The third kappa shape index (κ3) is 3.86. The second-order valence-corrected chi connectivity index (χ2v) is 9.36. The summed E-state index contributed by atoms with van der Waals surface area (Å²) in [5.74, 6) is 1.45. The molecule has 1 aliphatic rings. The van der Waals surface area contributed by atoms with Crippen LogP contribution in [0, 0.1) is 27.7 Å². The average molecular weight is 407 g/mol. The van der Waals surface area contributed by atoms with Gasteiger partial charge in [0.05, 0.1) is 0 Å². The molecule has 1 N–H and O–H groups in total. The Kier molecular flexibility index (Phi) is 5.07. The van der Waals surface area contributed by atoms with E-state index in [1.807, 2.05) is 32.9 Å². The molecular weight excluding hydrogens is 380 g/mol. The van der Waals surface area contributed by atoms with E-state index >= 15 is 0 Å². The maximum atomic E-state index is 12.9. The molecule has 2 aromatic carbocycles. The van der Waals surface area contributed by atoms with Crippen LogP contribution in [-0.4, -0.2) is 10.9 Å². The van der Waals surface area contributed by atoms with Crippen LogP contribution in [0.4, 0.5) is 0 Å². The summed E-state index contributed by atoms with van der Waals surface area (Å²) in [5, 5.41) is 10.8. The van der Waals surface area contributed by atoms with Crippen LogP contribution in [0.5, 0.6) is 5.75 Å².